The average Bonchev–Trinajstić information content (AvgIpc) is 3.22. The van der Waals surface area contributed by atoms with E-state index in [1.807, 2.05) is 12.1 Å². The Balaban J connectivity index is 1.47. The van der Waals surface area contributed by atoms with Crippen molar-refractivity contribution >= 4 is 11.6 Å². The van der Waals surface area contributed by atoms with E-state index in [1.54, 1.807) is 0 Å². The minimum atomic E-state index is 0.208. The summed E-state index contributed by atoms with van der Waals surface area (Å²) in [5.41, 5.74) is 5.14. The number of ether oxygens (including phenoxy) is 1. The Morgan fingerprint density at radius 2 is 1.22 bits per heavy atom. The van der Waals surface area contributed by atoms with Crippen LogP contribution in [0, 0.1) is 0 Å². The summed E-state index contributed by atoms with van der Waals surface area (Å²) in [6, 6.07) is 36.4. The highest BCUT2D eigenvalue weighted by molar-refractivity contribution is 6.30. The molecule has 4 aromatic rings. The minimum absolute atomic E-state index is 0.208. The quantitative estimate of drug-likeness (QED) is 0.330. The molecule has 2 aliphatic heterocycles. The van der Waals surface area contributed by atoms with Gasteiger partial charge in [0.1, 0.15) is 11.5 Å². The summed E-state index contributed by atoms with van der Waals surface area (Å²) >= 11 is 6.45. The van der Waals surface area contributed by atoms with Crippen LogP contribution in [0.15, 0.2) is 103 Å². The zero-order valence-corrected chi connectivity index (χ0v) is 18.5. The molecule has 2 nitrogen and oxygen atoms in total. The molecular weight excluding hydrogens is 414 g/mol. The second-order valence-electron chi connectivity index (χ2n) is 8.71. The van der Waals surface area contributed by atoms with E-state index in [2.05, 4.69) is 95.9 Å². The topological polar surface area (TPSA) is 12.5 Å². The Bertz CT molecular complexity index is 1200. The van der Waals surface area contributed by atoms with Gasteiger partial charge in [-0.1, -0.05) is 90.5 Å². The van der Waals surface area contributed by atoms with E-state index in [4.69, 9.17) is 16.3 Å². The first-order valence-corrected chi connectivity index (χ1v) is 11.6. The summed E-state index contributed by atoms with van der Waals surface area (Å²) in [7, 11) is 0. The lowest BCUT2D eigenvalue weighted by Crippen LogP contribution is -2.27. The van der Waals surface area contributed by atoms with Gasteiger partial charge in [-0.15, -0.1) is 0 Å². The molecule has 158 valence electrons. The lowest BCUT2D eigenvalue weighted by atomic mass is 9.84. The van der Waals surface area contributed by atoms with Gasteiger partial charge in [-0.2, -0.15) is 0 Å². The van der Waals surface area contributed by atoms with Crippen LogP contribution in [0.3, 0.4) is 0 Å². The molecule has 32 heavy (non-hydrogen) atoms. The van der Waals surface area contributed by atoms with Crippen LogP contribution < -0.4 is 4.74 Å². The Morgan fingerprint density at radius 1 is 0.656 bits per heavy atom. The molecule has 2 aliphatic rings. The zero-order chi connectivity index (χ0) is 21.5. The fourth-order valence-corrected chi connectivity index (χ4v) is 5.64. The third kappa shape index (κ3) is 3.40. The van der Waals surface area contributed by atoms with Crippen LogP contribution in [0.1, 0.15) is 40.1 Å². The summed E-state index contributed by atoms with van der Waals surface area (Å²) in [4.78, 5) is 2.63. The van der Waals surface area contributed by atoms with Crippen molar-refractivity contribution in [1.29, 1.82) is 0 Å². The first-order valence-electron chi connectivity index (χ1n) is 11.2. The molecule has 0 spiro atoms. The molecule has 3 heteroatoms. The Kier molecular flexibility index (Phi) is 4.98. The predicted octanol–water partition coefficient (Wildman–Crippen LogP) is 7.42. The van der Waals surface area contributed by atoms with Crippen molar-refractivity contribution in [3.63, 3.8) is 0 Å². The van der Waals surface area contributed by atoms with E-state index in [1.165, 1.54) is 22.3 Å². The van der Waals surface area contributed by atoms with Gasteiger partial charge < -0.3 is 4.74 Å². The first kappa shape index (κ1) is 19.6. The summed E-state index contributed by atoms with van der Waals surface area (Å²) in [6.45, 7) is 1.91. The molecule has 0 saturated carbocycles. The van der Waals surface area contributed by atoms with Crippen LogP contribution in [0.25, 0.3) is 0 Å². The van der Waals surface area contributed by atoms with Gasteiger partial charge in [0.25, 0.3) is 0 Å². The molecule has 4 aromatic carbocycles. The Hall–Kier alpha value is -3.07. The molecule has 0 bridgehead atoms. The lowest BCUT2D eigenvalue weighted by molar-refractivity contribution is 0.273. The van der Waals surface area contributed by atoms with Crippen molar-refractivity contribution in [2.75, 3.05) is 13.1 Å². The first-order chi connectivity index (χ1) is 15.8. The van der Waals surface area contributed by atoms with Crippen molar-refractivity contribution in [3.05, 3.63) is 130 Å². The number of hydrogen-bond acceptors (Lipinski definition) is 2. The summed E-state index contributed by atoms with van der Waals surface area (Å²) < 4.78 is 6.38. The molecule has 0 unspecified atom stereocenters. The van der Waals surface area contributed by atoms with Crippen LogP contribution in [0.5, 0.6) is 11.5 Å². The second kappa shape index (κ2) is 8.12. The van der Waals surface area contributed by atoms with Crippen molar-refractivity contribution in [2.45, 2.75) is 17.9 Å². The molecule has 0 aliphatic carbocycles. The number of nitrogens with zero attached hydrogens (tertiary/aromatic N) is 1. The van der Waals surface area contributed by atoms with E-state index in [0.717, 1.165) is 29.6 Å². The predicted molar refractivity (Wildman–Crippen MR) is 130 cm³/mol. The highest BCUT2D eigenvalue weighted by Crippen LogP contribution is 2.52. The summed E-state index contributed by atoms with van der Waals surface area (Å²) in [5.74, 6) is 2.55. The zero-order valence-electron chi connectivity index (χ0n) is 17.7. The number of rotatable bonds is 3. The molecule has 0 radical (unpaired) electrons. The van der Waals surface area contributed by atoms with Crippen molar-refractivity contribution < 1.29 is 4.74 Å². The third-order valence-electron chi connectivity index (χ3n) is 6.85. The molecular formula is C29H24ClNO. The highest BCUT2D eigenvalue weighted by atomic mass is 35.5. The second-order valence-corrected chi connectivity index (χ2v) is 9.15. The Labute approximate surface area is 194 Å². The van der Waals surface area contributed by atoms with Gasteiger partial charge in [0.15, 0.2) is 0 Å². The van der Waals surface area contributed by atoms with Gasteiger partial charge >= 0.3 is 0 Å². The largest absolute Gasteiger partial charge is 0.457 e. The SMILES string of the molecule is Clc1ccc2c(c1)[C@H]1CN(C(c3ccccc3)c3ccccc3)C[C@@H]1c1ccccc1O2. The lowest BCUT2D eigenvalue weighted by Gasteiger charge is -2.29. The van der Waals surface area contributed by atoms with Crippen LogP contribution >= 0.6 is 11.6 Å². The van der Waals surface area contributed by atoms with Gasteiger partial charge in [-0.3, -0.25) is 4.90 Å². The number of hydrogen-bond donors (Lipinski definition) is 0. The maximum atomic E-state index is 6.45. The van der Waals surface area contributed by atoms with E-state index in [9.17, 15) is 0 Å². The Morgan fingerprint density at radius 3 is 1.91 bits per heavy atom. The minimum Gasteiger partial charge on any atom is -0.457 e. The van der Waals surface area contributed by atoms with Crippen molar-refractivity contribution in [3.8, 4) is 11.5 Å². The monoisotopic (exact) mass is 437 g/mol. The molecule has 2 heterocycles. The van der Waals surface area contributed by atoms with E-state index < -0.39 is 0 Å². The smallest absolute Gasteiger partial charge is 0.131 e. The number of para-hydroxylation sites is 1. The highest BCUT2D eigenvalue weighted by Gasteiger charge is 2.42. The van der Waals surface area contributed by atoms with Gasteiger partial charge in [0.2, 0.25) is 0 Å². The van der Waals surface area contributed by atoms with E-state index >= 15 is 0 Å². The maximum Gasteiger partial charge on any atom is 0.131 e. The van der Waals surface area contributed by atoms with Crippen LogP contribution in [-0.4, -0.2) is 18.0 Å². The van der Waals surface area contributed by atoms with E-state index in [-0.39, 0.29) is 6.04 Å². The molecule has 0 N–H and O–H groups in total. The van der Waals surface area contributed by atoms with Crippen molar-refractivity contribution in [2.24, 2.45) is 0 Å². The molecule has 6 rings (SSSR count). The fourth-order valence-electron chi connectivity index (χ4n) is 5.46. The molecule has 2 atom stereocenters. The standard InChI is InChI=1S/C29H24ClNO/c30-22-15-16-28-24(17-22)26-19-31(18-25(26)23-13-7-8-14-27(23)32-28)29(20-9-3-1-4-10-20)21-11-5-2-6-12-21/h1-17,25-26,29H,18-19H2/t25-,26-/m1/s1. The van der Waals surface area contributed by atoms with Crippen LogP contribution in [0.4, 0.5) is 0 Å². The summed E-state index contributed by atoms with van der Waals surface area (Å²) in [6.07, 6.45) is 0. The van der Waals surface area contributed by atoms with Gasteiger partial charge in [0, 0.05) is 35.5 Å². The summed E-state index contributed by atoms with van der Waals surface area (Å²) in [5, 5.41) is 0.762. The normalized spacial score (nSPS) is 19.6. The van der Waals surface area contributed by atoms with Gasteiger partial charge in [-0.05, 0) is 41.0 Å². The maximum absolute atomic E-state index is 6.45. The number of halogens is 1. The van der Waals surface area contributed by atoms with E-state index in [0.29, 0.717) is 11.8 Å². The number of likely N-dealkylation sites (tertiary alicyclic amines) is 1. The van der Waals surface area contributed by atoms with Crippen LogP contribution in [-0.2, 0) is 0 Å². The number of benzene rings is 4. The third-order valence-corrected chi connectivity index (χ3v) is 7.09. The molecule has 1 saturated heterocycles. The fraction of sp³-hybridized carbons (Fsp3) is 0.172. The van der Waals surface area contributed by atoms with Crippen molar-refractivity contribution in [1.82, 2.24) is 4.90 Å². The molecule has 1 fully saturated rings. The van der Waals surface area contributed by atoms with Gasteiger partial charge in [0.05, 0.1) is 6.04 Å². The van der Waals surface area contributed by atoms with Crippen LogP contribution in [0.2, 0.25) is 5.02 Å². The molecule has 0 amide bonds. The number of fused-ring (bicyclic) bond motifs is 5. The average molecular weight is 438 g/mol. The van der Waals surface area contributed by atoms with Gasteiger partial charge in [-0.25, -0.2) is 0 Å². The molecule has 0 aromatic heterocycles.